The van der Waals surface area contributed by atoms with E-state index >= 15 is 0 Å². The maximum atomic E-state index is 12.7. The van der Waals surface area contributed by atoms with Gasteiger partial charge in [0.1, 0.15) is 12.1 Å². The smallest absolute Gasteiger partial charge is 0.323 e. The second-order valence-electron chi connectivity index (χ2n) is 10.4. The van der Waals surface area contributed by atoms with Crippen LogP contribution in [-0.4, -0.2) is 36.4 Å². The SMILES string of the molecule is CC(C)C[C@H](NCc1ccc(BOC(C)(C)C(C)(C)P)c(Cl)c1)C(=O)OC1CCCC1. The Morgan fingerprint density at radius 2 is 1.90 bits per heavy atom. The molecule has 0 amide bonds. The molecule has 1 unspecified atom stereocenters. The third kappa shape index (κ3) is 8.35. The molecule has 0 bridgehead atoms. The molecular formula is C24H40BClNO3P. The van der Waals surface area contributed by atoms with Crippen molar-refractivity contribution in [1.82, 2.24) is 5.32 Å². The molecule has 0 radical (unpaired) electrons. The summed E-state index contributed by atoms with van der Waals surface area (Å²) in [7, 11) is 3.31. The molecule has 0 saturated heterocycles. The van der Waals surface area contributed by atoms with Gasteiger partial charge in [-0.05, 0) is 69.0 Å². The van der Waals surface area contributed by atoms with Crippen LogP contribution in [0.15, 0.2) is 18.2 Å². The minimum absolute atomic E-state index is 0.0537. The highest BCUT2D eigenvalue weighted by Crippen LogP contribution is 2.33. The fourth-order valence-corrected chi connectivity index (χ4v) is 3.83. The Bertz CT molecular complexity index is 730. The second-order valence-corrected chi connectivity index (χ2v) is 12.2. The zero-order valence-corrected chi connectivity index (χ0v) is 22.0. The molecule has 0 spiro atoms. The number of carbonyl (C=O) groups excluding carboxylic acids is 1. The summed E-state index contributed by atoms with van der Waals surface area (Å²) in [6.45, 7) is 13.3. The number of carbonyl (C=O) groups is 1. The van der Waals surface area contributed by atoms with Gasteiger partial charge < -0.3 is 14.7 Å². The summed E-state index contributed by atoms with van der Waals surface area (Å²) in [4.78, 5) is 12.7. The summed E-state index contributed by atoms with van der Waals surface area (Å²) in [5.41, 5.74) is 1.71. The van der Waals surface area contributed by atoms with Gasteiger partial charge in [0, 0.05) is 16.7 Å². The summed E-state index contributed by atoms with van der Waals surface area (Å²) in [5.74, 6) is 0.278. The zero-order chi connectivity index (χ0) is 23.2. The van der Waals surface area contributed by atoms with Crippen LogP contribution in [0, 0.1) is 5.92 Å². The van der Waals surface area contributed by atoms with Crippen molar-refractivity contribution in [3.63, 3.8) is 0 Å². The molecule has 7 heteroatoms. The van der Waals surface area contributed by atoms with Crippen LogP contribution in [0.5, 0.6) is 0 Å². The fraction of sp³-hybridized carbons (Fsp3) is 0.708. The molecule has 1 N–H and O–H groups in total. The maximum absolute atomic E-state index is 12.7. The van der Waals surface area contributed by atoms with Gasteiger partial charge in [0.25, 0.3) is 0 Å². The van der Waals surface area contributed by atoms with Gasteiger partial charge in [-0.25, -0.2) is 0 Å². The number of esters is 1. The average Bonchev–Trinajstić information content (AvgIpc) is 3.16. The summed E-state index contributed by atoms with van der Waals surface area (Å²) in [5, 5.41) is 4.03. The van der Waals surface area contributed by atoms with E-state index in [1.165, 1.54) is 0 Å². The molecule has 1 saturated carbocycles. The predicted molar refractivity (Wildman–Crippen MR) is 136 cm³/mol. The molecule has 4 nitrogen and oxygen atoms in total. The Labute approximate surface area is 197 Å². The summed E-state index contributed by atoms with van der Waals surface area (Å²) >= 11 is 6.54. The third-order valence-electron chi connectivity index (χ3n) is 6.39. The number of halogens is 1. The molecule has 0 aromatic heterocycles. The summed E-state index contributed by atoms with van der Waals surface area (Å²) < 4.78 is 11.9. The second kappa shape index (κ2) is 11.5. The van der Waals surface area contributed by atoms with Crippen LogP contribution >= 0.6 is 20.8 Å². The summed E-state index contributed by atoms with van der Waals surface area (Å²) in [6, 6.07) is 5.72. The number of benzene rings is 1. The van der Waals surface area contributed by atoms with Gasteiger partial charge >= 0.3 is 13.5 Å². The van der Waals surface area contributed by atoms with Crippen LogP contribution in [0.25, 0.3) is 0 Å². The average molecular weight is 468 g/mol. The Kier molecular flexibility index (Phi) is 9.89. The fourth-order valence-electron chi connectivity index (χ4n) is 3.49. The van der Waals surface area contributed by atoms with Crippen LogP contribution < -0.4 is 10.8 Å². The van der Waals surface area contributed by atoms with Crippen molar-refractivity contribution in [3.05, 3.63) is 28.8 Å². The topological polar surface area (TPSA) is 47.6 Å². The highest BCUT2D eigenvalue weighted by molar-refractivity contribution is 7.19. The number of hydrogen-bond acceptors (Lipinski definition) is 4. The van der Waals surface area contributed by atoms with Gasteiger partial charge in [-0.3, -0.25) is 4.79 Å². The molecule has 174 valence electrons. The van der Waals surface area contributed by atoms with Crippen molar-refractivity contribution >= 4 is 39.8 Å². The zero-order valence-electron chi connectivity index (χ0n) is 20.1. The maximum Gasteiger partial charge on any atom is 0.323 e. The molecule has 1 aromatic rings. The van der Waals surface area contributed by atoms with Crippen molar-refractivity contribution in [2.45, 2.75) is 103 Å². The van der Waals surface area contributed by atoms with E-state index in [9.17, 15) is 4.79 Å². The lowest BCUT2D eigenvalue weighted by Crippen LogP contribution is -2.45. The van der Waals surface area contributed by atoms with Crippen molar-refractivity contribution < 1.29 is 14.2 Å². The van der Waals surface area contributed by atoms with Crippen LogP contribution in [0.1, 0.15) is 79.2 Å². The van der Waals surface area contributed by atoms with Crippen molar-refractivity contribution in [2.75, 3.05) is 0 Å². The molecule has 2 atom stereocenters. The molecule has 31 heavy (non-hydrogen) atoms. The van der Waals surface area contributed by atoms with E-state index in [0.29, 0.717) is 25.0 Å². The molecule has 1 fully saturated rings. The monoisotopic (exact) mass is 467 g/mol. The number of ether oxygens (including phenoxy) is 1. The highest BCUT2D eigenvalue weighted by Gasteiger charge is 2.33. The van der Waals surface area contributed by atoms with Crippen molar-refractivity contribution in [3.8, 4) is 0 Å². The van der Waals surface area contributed by atoms with E-state index in [1.807, 2.05) is 18.2 Å². The highest BCUT2D eigenvalue weighted by atomic mass is 35.5. The molecule has 0 heterocycles. The van der Waals surface area contributed by atoms with Crippen LogP contribution in [-0.2, 0) is 20.7 Å². The number of hydrogen-bond donors (Lipinski definition) is 1. The van der Waals surface area contributed by atoms with Gasteiger partial charge in [-0.15, -0.1) is 9.24 Å². The Morgan fingerprint density at radius 1 is 1.26 bits per heavy atom. The number of rotatable bonds is 11. The van der Waals surface area contributed by atoms with Crippen LogP contribution in [0.4, 0.5) is 0 Å². The first kappa shape index (κ1) is 26.6. The van der Waals surface area contributed by atoms with E-state index in [1.54, 1.807) is 0 Å². The molecular weight excluding hydrogens is 428 g/mol. The largest absolute Gasteiger partial charge is 0.461 e. The van der Waals surface area contributed by atoms with Crippen molar-refractivity contribution in [1.29, 1.82) is 0 Å². The van der Waals surface area contributed by atoms with E-state index in [0.717, 1.165) is 43.1 Å². The Hall–Kier alpha value is -0.605. The number of nitrogens with one attached hydrogen (secondary N) is 1. The lowest BCUT2D eigenvalue weighted by atomic mass is 9.83. The van der Waals surface area contributed by atoms with E-state index < -0.39 is 0 Å². The van der Waals surface area contributed by atoms with E-state index in [2.05, 4.69) is 56.1 Å². The standard InChI is InChI=1S/C24H40BClNO3P/c1-16(2)13-21(22(28)29-18-9-7-8-10-18)27-15-17-11-12-19(20(26)14-17)25-30-23(3,4)24(5,6)31/h11-12,14,16,18,21,25,27H,7-10,13,15,31H2,1-6H3/t21-/m0/s1. The molecule has 0 aliphatic heterocycles. The Morgan fingerprint density at radius 3 is 2.45 bits per heavy atom. The van der Waals surface area contributed by atoms with Gasteiger partial charge in [0.05, 0.1) is 5.60 Å². The minimum atomic E-state index is -0.301. The molecule has 1 aromatic carbocycles. The van der Waals surface area contributed by atoms with Gasteiger partial charge in [-0.1, -0.05) is 51.4 Å². The van der Waals surface area contributed by atoms with Crippen LogP contribution in [0.2, 0.25) is 5.02 Å². The Balaban J connectivity index is 1.95. The van der Waals surface area contributed by atoms with Gasteiger partial charge in [0.2, 0.25) is 0 Å². The van der Waals surface area contributed by atoms with E-state index in [-0.39, 0.29) is 28.9 Å². The molecule has 1 aliphatic carbocycles. The van der Waals surface area contributed by atoms with Gasteiger partial charge in [0.15, 0.2) is 0 Å². The van der Waals surface area contributed by atoms with Crippen LogP contribution in [0.3, 0.4) is 0 Å². The minimum Gasteiger partial charge on any atom is -0.461 e. The first-order chi connectivity index (χ1) is 14.4. The first-order valence-corrected chi connectivity index (χ1v) is 12.5. The molecule has 2 rings (SSSR count). The lowest BCUT2D eigenvalue weighted by Gasteiger charge is -2.39. The molecule has 1 aliphatic rings. The van der Waals surface area contributed by atoms with E-state index in [4.69, 9.17) is 21.0 Å². The third-order valence-corrected chi connectivity index (χ3v) is 7.43. The summed E-state index contributed by atoms with van der Waals surface area (Å²) in [6.07, 6.45) is 5.13. The quantitative estimate of drug-likeness (QED) is 0.290. The predicted octanol–water partition coefficient (Wildman–Crippen LogP) is 4.76. The van der Waals surface area contributed by atoms with Crippen molar-refractivity contribution in [2.24, 2.45) is 5.92 Å². The van der Waals surface area contributed by atoms with Gasteiger partial charge in [-0.2, -0.15) is 0 Å². The lowest BCUT2D eigenvalue weighted by molar-refractivity contribution is -0.151. The normalized spacial score (nSPS) is 16.5. The first-order valence-electron chi connectivity index (χ1n) is 11.5.